The first-order valence-corrected chi connectivity index (χ1v) is 6.71. The van der Waals surface area contributed by atoms with Crippen molar-refractivity contribution < 1.29 is 0 Å². The summed E-state index contributed by atoms with van der Waals surface area (Å²) < 4.78 is 3.42. The predicted molar refractivity (Wildman–Crippen MR) is 68.9 cm³/mol. The fourth-order valence-electron chi connectivity index (χ4n) is 2.59. The third-order valence-electron chi connectivity index (χ3n) is 3.38. The molecule has 0 bridgehead atoms. The monoisotopic (exact) mass is 278 g/mol. The minimum atomic E-state index is 1.13. The second-order valence-corrected chi connectivity index (χ2v) is 5.52. The summed E-state index contributed by atoms with van der Waals surface area (Å²) >= 11 is 3.57. The van der Waals surface area contributed by atoms with Crippen LogP contribution >= 0.6 is 15.9 Å². The zero-order chi connectivity index (χ0) is 11.1. The number of rotatable bonds is 0. The van der Waals surface area contributed by atoms with E-state index in [-0.39, 0.29) is 0 Å². The van der Waals surface area contributed by atoms with Gasteiger partial charge in [-0.05, 0) is 60.2 Å². The molecule has 0 fully saturated rings. The van der Waals surface area contributed by atoms with Gasteiger partial charge in [-0.3, -0.25) is 0 Å². The average molecular weight is 279 g/mol. The number of aryl methyl sites for hydroxylation is 3. The van der Waals surface area contributed by atoms with Crippen LogP contribution in [-0.4, -0.2) is 9.38 Å². The number of nitrogens with zero attached hydrogens (tertiary/aromatic N) is 2. The fraction of sp³-hybridized carbons (Fsp3) is 0.462. The Balaban J connectivity index is 2.29. The Bertz CT molecular complexity index is 542. The first-order chi connectivity index (χ1) is 7.75. The molecule has 0 N–H and O–H groups in total. The zero-order valence-corrected chi connectivity index (χ0v) is 11.0. The Labute approximate surface area is 104 Å². The summed E-state index contributed by atoms with van der Waals surface area (Å²) in [4.78, 5) is 4.80. The van der Waals surface area contributed by atoms with Gasteiger partial charge in [-0.2, -0.15) is 0 Å². The van der Waals surface area contributed by atoms with E-state index in [9.17, 15) is 0 Å². The number of fused-ring (bicyclic) bond motifs is 3. The highest BCUT2D eigenvalue weighted by Crippen LogP contribution is 2.25. The van der Waals surface area contributed by atoms with Crippen LogP contribution in [0.15, 0.2) is 16.7 Å². The molecule has 0 saturated heterocycles. The van der Waals surface area contributed by atoms with E-state index in [1.54, 1.807) is 0 Å². The van der Waals surface area contributed by atoms with Crippen LogP contribution in [0.5, 0.6) is 0 Å². The van der Waals surface area contributed by atoms with Crippen LogP contribution in [0, 0.1) is 6.92 Å². The van der Waals surface area contributed by atoms with E-state index in [4.69, 9.17) is 4.98 Å². The van der Waals surface area contributed by atoms with Gasteiger partial charge in [-0.15, -0.1) is 0 Å². The lowest BCUT2D eigenvalue weighted by atomic mass is 10.2. The van der Waals surface area contributed by atoms with E-state index in [0.29, 0.717) is 0 Å². The number of pyridine rings is 1. The van der Waals surface area contributed by atoms with Gasteiger partial charge in [0.25, 0.3) is 0 Å². The maximum absolute atomic E-state index is 4.80. The summed E-state index contributed by atoms with van der Waals surface area (Å²) in [6.45, 7) is 2.13. The van der Waals surface area contributed by atoms with Crippen LogP contribution in [0.4, 0.5) is 0 Å². The summed E-state index contributed by atoms with van der Waals surface area (Å²) in [7, 11) is 0. The molecule has 0 aliphatic heterocycles. The molecule has 0 saturated carbocycles. The van der Waals surface area contributed by atoms with Crippen LogP contribution in [0.3, 0.4) is 0 Å². The van der Waals surface area contributed by atoms with Crippen LogP contribution in [-0.2, 0) is 12.8 Å². The Hall–Kier alpha value is -0.830. The molecular weight excluding hydrogens is 264 g/mol. The highest BCUT2D eigenvalue weighted by atomic mass is 79.9. The molecule has 2 aromatic rings. The van der Waals surface area contributed by atoms with Gasteiger partial charge in [-0.1, -0.05) is 6.42 Å². The molecule has 3 rings (SSSR count). The molecule has 2 heterocycles. The fourth-order valence-corrected chi connectivity index (χ4v) is 3.14. The normalized spacial score (nSPS) is 16.1. The van der Waals surface area contributed by atoms with E-state index in [1.807, 2.05) is 0 Å². The summed E-state index contributed by atoms with van der Waals surface area (Å²) in [5.74, 6) is 0. The quantitative estimate of drug-likeness (QED) is 0.672. The first-order valence-electron chi connectivity index (χ1n) is 5.91. The number of halogens is 1. The van der Waals surface area contributed by atoms with Gasteiger partial charge in [0.2, 0.25) is 0 Å². The molecule has 3 heteroatoms. The van der Waals surface area contributed by atoms with Crippen molar-refractivity contribution in [1.29, 1.82) is 0 Å². The largest absolute Gasteiger partial charge is 0.302 e. The minimum absolute atomic E-state index is 1.13. The topological polar surface area (TPSA) is 17.3 Å². The first kappa shape index (κ1) is 10.3. The highest BCUT2D eigenvalue weighted by Gasteiger charge is 2.15. The van der Waals surface area contributed by atoms with Crippen molar-refractivity contribution in [3.05, 3.63) is 33.7 Å². The average Bonchev–Trinajstić information content (AvgIpc) is 2.46. The van der Waals surface area contributed by atoms with Crippen molar-refractivity contribution in [3.8, 4) is 0 Å². The van der Waals surface area contributed by atoms with Gasteiger partial charge in [0, 0.05) is 16.4 Å². The molecule has 0 aromatic carbocycles. The number of aromatic nitrogens is 2. The van der Waals surface area contributed by atoms with Crippen molar-refractivity contribution in [2.24, 2.45) is 0 Å². The lowest BCUT2D eigenvalue weighted by Crippen LogP contribution is -1.95. The van der Waals surface area contributed by atoms with E-state index in [1.165, 1.54) is 42.6 Å². The standard InChI is InChI=1S/C13H15BrN2/c1-9-7-10(14)8-16-12-6-4-2-3-5-11(12)15-13(9)16/h7-8H,2-6H2,1H3. The molecule has 0 atom stereocenters. The molecule has 0 amide bonds. The highest BCUT2D eigenvalue weighted by molar-refractivity contribution is 9.10. The molecular formula is C13H15BrN2. The molecule has 16 heavy (non-hydrogen) atoms. The van der Waals surface area contributed by atoms with Crippen molar-refractivity contribution in [2.45, 2.75) is 39.0 Å². The van der Waals surface area contributed by atoms with Crippen LogP contribution in [0.2, 0.25) is 0 Å². The Kier molecular flexibility index (Phi) is 2.51. The Morgan fingerprint density at radius 1 is 1.25 bits per heavy atom. The Morgan fingerprint density at radius 3 is 2.94 bits per heavy atom. The molecule has 1 aliphatic rings. The zero-order valence-electron chi connectivity index (χ0n) is 9.46. The maximum atomic E-state index is 4.80. The molecule has 2 aromatic heterocycles. The van der Waals surface area contributed by atoms with E-state index >= 15 is 0 Å². The van der Waals surface area contributed by atoms with Gasteiger partial charge in [0.1, 0.15) is 5.65 Å². The molecule has 1 aliphatic carbocycles. The van der Waals surface area contributed by atoms with Crippen molar-refractivity contribution in [2.75, 3.05) is 0 Å². The van der Waals surface area contributed by atoms with Gasteiger partial charge in [-0.25, -0.2) is 4.98 Å². The lowest BCUT2D eigenvalue weighted by molar-refractivity contribution is 0.701. The van der Waals surface area contributed by atoms with Crippen LogP contribution in [0.25, 0.3) is 5.65 Å². The third-order valence-corrected chi connectivity index (χ3v) is 3.81. The third kappa shape index (κ3) is 1.58. The molecule has 84 valence electrons. The van der Waals surface area contributed by atoms with Crippen molar-refractivity contribution in [1.82, 2.24) is 9.38 Å². The minimum Gasteiger partial charge on any atom is -0.302 e. The summed E-state index contributed by atoms with van der Waals surface area (Å²) in [6.07, 6.45) is 8.40. The van der Waals surface area contributed by atoms with E-state index in [0.717, 1.165) is 16.5 Å². The Morgan fingerprint density at radius 2 is 2.06 bits per heavy atom. The second-order valence-electron chi connectivity index (χ2n) is 4.60. The molecule has 2 nitrogen and oxygen atoms in total. The van der Waals surface area contributed by atoms with Gasteiger partial charge < -0.3 is 4.40 Å². The molecule has 0 radical (unpaired) electrons. The maximum Gasteiger partial charge on any atom is 0.140 e. The predicted octanol–water partition coefficient (Wildman–Crippen LogP) is 3.67. The number of hydrogen-bond acceptors (Lipinski definition) is 1. The van der Waals surface area contributed by atoms with Gasteiger partial charge in [0.05, 0.1) is 5.69 Å². The second kappa shape index (κ2) is 3.88. The van der Waals surface area contributed by atoms with Gasteiger partial charge >= 0.3 is 0 Å². The SMILES string of the molecule is Cc1cc(Br)cn2c3c(nc12)CCCCC3. The summed E-state index contributed by atoms with van der Waals surface area (Å²) in [5.41, 5.74) is 5.13. The number of imidazole rings is 1. The van der Waals surface area contributed by atoms with Gasteiger partial charge in [0.15, 0.2) is 0 Å². The molecule has 0 spiro atoms. The summed E-state index contributed by atoms with van der Waals surface area (Å²) in [6, 6.07) is 2.14. The van der Waals surface area contributed by atoms with Crippen LogP contribution < -0.4 is 0 Å². The van der Waals surface area contributed by atoms with E-state index in [2.05, 4.69) is 39.5 Å². The van der Waals surface area contributed by atoms with E-state index < -0.39 is 0 Å². The summed E-state index contributed by atoms with van der Waals surface area (Å²) in [5, 5.41) is 0. The van der Waals surface area contributed by atoms with Crippen LogP contribution in [0.1, 0.15) is 36.2 Å². The van der Waals surface area contributed by atoms with Crippen molar-refractivity contribution >= 4 is 21.6 Å². The lowest BCUT2D eigenvalue weighted by Gasteiger charge is -2.03. The van der Waals surface area contributed by atoms with Crippen molar-refractivity contribution in [3.63, 3.8) is 0 Å². The number of hydrogen-bond donors (Lipinski definition) is 0. The smallest absolute Gasteiger partial charge is 0.140 e. The molecule has 0 unspecified atom stereocenters.